The minimum Gasteiger partial charge on any atom is -0.354 e. The van der Waals surface area contributed by atoms with E-state index in [1.54, 1.807) is 11.8 Å². The minimum absolute atomic E-state index is 0.0760. The fraction of sp³-hybridized carbons (Fsp3) is 0.667. The molecule has 0 spiro atoms. The molecule has 0 aliphatic carbocycles. The van der Waals surface area contributed by atoms with Crippen LogP contribution in [-0.2, 0) is 10.0 Å². The summed E-state index contributed by atoms with van der Waals surface area (Å²) < 4.78 is 27.0. The van der Waals surface area contributed by atoms with Crippen LogP contribution in [0.1, 0.15) is 26.7 Å². The molecule has 6 nitrogen and oxygen atoms in total. The molecule has 0 fully saturated rings. The molecule has 0 aliphatic rings. The molecule has 8 heteroatoms. The smallest absolute Gasteiger partial charge is 0.243 e. The first-order valence-electron chi connectivity index (χ1n) is 6.60. The fourth-order valence-electron chi connectivity index (χ4n) is 1.51. The highest BCUT2D eigenvalue weighted by atomic mass is 32.2. The predicted molar refractivity (Wildman–Crippen MR) is 83.6 cm³/mol. The third-order valence-electron chi connectivity index (χ3n) is 2.65. The second kappa shape index (κ2) is 8.43. The van der Waals surface area contributed by atoms with Crippen molar-refractivity contribution in [1.29, 1.82) is 0 Å². The number of rotatable bonds is 9. The van der Waals surface area contributed by atoms with Gasteiger partial charge in [0.05, 0.1) is 12.4 Å². The van der Waals surface area contributed by atoms with Crippen LogP contribution in [0.3, 0.4) is 0 Å². The van der Waals surface area contributed by atoms with E-state index >= 15 is 0 Å². The molecule has 0 radical (unpaired) electrons. The van der Waals surface area contributed by atoms with Crippen molar-refractivity contribution in [3.8, 4) is 0 Å². The molecule has 1 aromatic rings. The summed E-state index contributed by atoms with van der Waals surface area (Å²) in [6, 6.07) is -0.0760. The van der Waals surface area contributed by atoms with Gasteiger partial charge >= 0.3 is 0 Å². The van der Waals surface area contributed by atoms with Gasteiger partial charge in [0.2, 0.25) is 16.0 Å². The molecule has 114 valence electrons. The Labute approximate surface area is 125 Å². The van der Waals surface area contributed by atoms with Gasteiger partial charge < -0.3 is 5.32 Å². The van der Waals surface area contributed by atoms with E-state index in [0.717, 1.165) is 25.1 Å². The molecule has 0 aromatic carbocycles. The minimum atomic E-state index is -3.55. The molecular weight excluding hydrogens is 296 g/mol. The Morgan fingerprint density at radius 3 is 2.45 bits per heavy atom. The van der Waals surface area contributed by atoms with Crippen molar-refractivity contribution >= 4 is 27.7 Å². The summed E-state index contributed by atoms with van der Waals surface area (Å²) >= 11 is 1.61. The average Bonchev–Trinajstić information content (AvgIpc) is 2.45. The summed E-state index contributed by atoms with van der Waals surface area (Å²) in [6.45, 7) is 4.75. The van der Waals surface area contributed by atoms with Gasteiger partial charge in [-0.2, -0.15) is 11.8 Å². The number of hydrogen-bond donors (Lipinski definition) is 2. The zero-order valence-electron chi connectivity index (χ0n) is 12.1. The number of anilines is 1. The van der Waals surface area contributed by atoms with Crippen LogP contribution >= 0.6 is 11.8 Å². The summed E-state index contributed by atoms with van der Waals surface area (Å²) in [4.78, 5) is 8.13. The zero-order chi connectivity index (χ0) is 15.0. The van der Waals surface area contributed by atoms with E-state index in [-0.39, 0.29) is 10.9 Å². The summed E-state index contributed by atoms with van der Waals surface area (Å²) in [6.07, 6.45) is 6.32. The Morgan fingerprint density at radius 1 is 1.30 bits per heavy atom. The highest BCUT2D eigenvalue weighted by Gasteiger charge is 2.19. The fourth-order valence-corrected chi connectivity index (χ4v) is 3.54. The molecule has 2 N–H and O–H groups in total. The van der Waals surface area contributed by atoms with Gasteiger partial charge in [0.25, 0.3) is 0 Å². The number of nitrogens with one attached hydrogen (secondary N) is 2. The van der Waals surface area contributed by atoms with Gasteiger partial charge in [0, 0.05) is 18.3 Å². The molecule has 1 heterocycles. The van der Waals surface area contributed by atoms with Crippen LogP contribution in [0.25, 0.3) is 0 Å². The lowest BCUT2D eigenvalue weighted by molar-refractivity contribution is 0.557. The zero-order valence-corrected chi connectivity index (χ0v) is 13.7. The Morgan fingerprint density at radius 2 is 1.95 bits per heavy atom. The highest BCUT2D eigenvalue weighted by molar-refractivity contribution is 7.98. The summed E-state index contributed by atoms with van der Waals surface area (Å²) in [5.41, 5.74) is 0. The summed E-state index contributed by atoms with van der Waals surface area (Å²) in [7, 11) is -3.55. The van der Waals surface area contributed by atoms with E-state index in [0.29, 0.717) is 5.95 Å². The van der Waals surface area contributed by atoms with Gasteiger partial charge in [-0.15, -0.1) is 0 Å². The van der Waals surface area contributed by atoms with Crippen LogP contribution in [0.4, 0.5) is 5.95 Å². The molecule has 1 rings (SSSR count). The Kier molecular flexibility index (Phi) is 7.25. The van der Waals surface area contributed by atoms with E-state index < -0.39 is 10.0 Å². The first-order valence-corrected chi connectivity index (χ1v) is 9.48. The molecule has 1 atom stereocenters. The van der Waals surface area contributed by atoms with E-state index in [1.807, 2.05) is 20.1 Å². The lowest BCUT2D eigenvalue weighted by Crippen LogP contribution is -2.36. The van der Waals surface area contributed by atoms with Crippen molar-refractivity contribution < 1.29 is 8.42 Å². The largest absolute Gasteiger partial charge is 0.354 e. The number of thioether (sulfide) groups is 1. The van der Waals surface area contributed by atoms with Crippen molar-refractivity contribution in [2.24, 2.45) is 0 Å². The molecule has 0 aliphatic heterocycles. The van der Waals surface area contributed by atoms with Crippen LogP contribution in [0.2, 0.25) is 0 Å². The number of nitrogens with zero attached hydrogens (tertiary/aromatic N) is 2. The molecule has 0 bridgehead atoms. The molecular formula is C12H22N4O2S2. The maximum Gasteiger partial charge on any atom is 0.243 e. The van der Waals surface area contributed by atoms with Crippen molar-refractivity contribution in [2.75, 3.05) is 23.9 Å². The average molecular weight is 318 g/mol. The topological polar surface area (TPSA) is 84.0 Å². The third kappa shape index (κ3) is 5.26. The van der Waals surface area contributed by atoms with E-state index in [1.165, 1.54) is 12.4 Å². The van der Waals surface area contributed by atoms with E-state index in [2.05, 4.69) is 20.0 Å². The van der Waals surface area contributed by atoms with Gasteiger partial charge in [-0.1, -0.05) is 13.8 Å². The first-order chi connectivity index (χ1) is 9.53. The number of hydrogen-bond acceptors (Lipinski definition) is 6. The molecule has 20 heavy (non-hydrogen) atoms. The quantitative estimate of drug-likeness (QED) is 0.721. The van der Waals surface area contributed by atoms with Crippen molar-refractivity contribution in [2.45, 2.75) is 37.6 Å². The van der Waals surface area contributed by atoms with Gasteiger partial charge in [-0.05, 0) is 19.1 Å². The van der Waals surface area contributed by atoms with Crippen LogP contribution in [-0.4, -0.2) is 43.0 Å². The van der Waals surface area contributed by atoms with Gasteiger partial charge in [0.15, 0.2) is 0 Å². The van der Waals surface area contributed by atoms with Gasteiger partial charge in [-0.3, -0.25) is 0 Å². The predicted octanol–water partition coefficient (Wildman–Crippen LogP) is 1.72. The van der Waals surface area contributed by atoms with E-state index in [9.17, 15) is 8.42 Å². The molecule has 1 aromatic heterocycles. The monoisotopic (exact) mass is 318 g/mol. The summed E-state index contributed by atoms with van der Waals surface area (Å²) in [5, 5.41) is 3.00. The lowest BCUT2D eigenvalue weighted by atomic mass is 10.3. The van der Waals surface area contributed by atoms with Crippen molar-refractivity contribution in [3.05, 3.63) is 12.4 Å². The molecule has 0 saturated carbocycles. The maximum atomic E-state index is 12.2. The second-order valence-corrected chi connectivity index (χ2v) is 6.98. The van der Waals surface area contributed by atoms with Crippen LogP contribution in [0.15, 0.2) is 17.3 Å². The first kappa shape index (κ1) is 17.2. The SMILES string of the molecule is CCCNc1ncc(S(=O)(=O)NC(CC)CSC)cn1. The lowest BCUT2D eigenvalue weighted by Gasteiger charge is -2.15. The third-order valence-corrected chi connectivity index (χ3v) is 4.86. The molecule has 0 saturated heterocycles. The van der Waals surface area contributed by atoms with Crippen LogP contribution in [0, 0.1) is 0 Å². The highest BCUT2D eigenvalue weighted by Crippen LogP contribution is 2.10. The summed E-state index contributed by atoms with van der Waals surface area (Å²) in [5.74, 6) is 1.19. The normalized spacial score (nSPS) is 13.2. The Bertz CT molecular complexity index is 491. The van der Waals surface area contributed by atoms with E-state index in [4.69, 9.17) is 0 Å². The molecule has 1 unspecified atom stereocenters. The van der Waals surface area contributed by atoms with Crippen molar-refractivity contribution in [1.82, 2.24) is 14.7 Å². The number of aromatic nitrogens is 2. The second-order valence-electron chi connectivity index (χ2n) is 4.35. The Hall–Kier alpha value is -0.860. The standard InChI is InChI=1S/C12H22N4O2S2/c1-4-6-13-12-14-7-11(8-15-12)20(17,18)16-10(5-2)9-19-3/h7-8,10,16H,4-6,9H2,1-3H3,(H,13,14,15). The molecule has 0 amide bonds. The van der Waals surface area contributed by atoms with Gasteiger partial charge in [-0.25, -0.2) is 23.1 Å². The van der Waals surface area contributed by atoms with Crippen molar-refractivity contribution in [3.63, 3.8) is 0 Å². The van der Waals surface area contributed by atoms with Crippen LogP contribution < -0.4 is 10.0 Å². The van der Waals surface area contributed by atoms with Gasteiger partial charge in [0.1, 0.15) is 4.90 Å². The number of sulfonamides is 1. The Balaban J connectivity index is 2.76. The van der Waals surface area contributed by atoms with Crippen LogP contribution in [0.5, 0.6) is 0 Å². The maximum absolute atomic E-state index is 12.2.